The standard InChI is InChI=1S/C48H79N3O8/c1-10-36(3)33-38(5)44(37(4)11-2)45(47(53)54)46(59-34-40-15-13-12-14-16-40)41-17-19-42(20-18-41)58-32-31-56-28-26-51-23-21-50(22-24-51)25-27-55-29-30-57-35-43(52)49-39(6)48(7,8)9/h12-16,33,37,39,41-42H,10-11,17-32,34-35H2,1-9H3,(H,49,52)(H,53,54)/b36-33-,44-38+,46-45+. The fourth-order valence-electron chi connectivity index (χ4n) is 7.44. The highest BCUT2D eigenvalue weighted by Crippen LogP contribution is 2.39. The maximum absolute atomic E-state index is 13.2. The van der Waals surface area contributed by atoms with Crippen LogP contribution in [0.4, 0.5) is 0 Å². The molecule has 2 aliphatic rings. The molecule has 2 unspecified atom stereocenters. The van der Waals surface area contributed by atoms with E-state index in [2.05, 4.69) is 69.7 Å². The zero-order valence-electron chi connectivity index (χ0n) is 38.1. The lowest BCUT2D eigenvalue weighted by Crippen LogP contribution is -2.48. The number of carbonyl (C=O) groups excluding carboxylic acids is 1. The van der Waals surface area contributed by atoms with Gasteiger partial charge in [-0.2, -0.15) is 0 Å². The number of allylic oxidation sites excluding steroid dienone is 4. The van der Waals surface area contributed by atoms with Crippen molar-refractivity contribution in [3.8, 4) is 0 Å². The van der Waals surface area contributed by atoms with Crippen molar-refractivity contribution in [1.82, 2.24) is 15.1 Å². The van der Waals surface area contributed by atoms with E-state index in [0.29, 0.717) is 57.6 Å². The van der Waals surface area contributed by atoms with Gasteiger partial charge < -0.3 is 34.1 Å². The first-order valence-electron chi connectivity index (χ1n) is 22.3. The molecule has 334 valence electrons. The molecule has 0 bridgehead atoms. The molecule has 0 radical (unpaired) electrons. The molecule has 1 aromatic carbocycles. The number of benzene rings is 1. The van der Waals surface area contributed by atoms with Gasteiger partial charge in [-0.1, -0.05) is 83.5 Å². The van der Waals surface area contributed by atoms with E-state index in [1.165, 1.54) is 5.57 Å². The van der Waals surface area contributed by atoms with Crippen LogP contribution in [-0.4, -0.2) is 124 Å². The Hall–Kier alpha value is -3.06. The molecule has 0 spiro atoms. The van der Waals surface area contributed by atoms with Crippen LogP contribution in [-0.2, 0) is 39.9 Å². The lowest BCUT2D eigenvalue weighted by molar-refractivity contribution is -0.133. The Labute approximate surface area is 356 Å². The van der Waals surface area contributed by atoms with Crippen LogP contribution in [0.2, 0.25) is 0 Å². The molecule has 0 aromatic heterocycles. The smallest absolute Gasteiger partial charge is 0.339 e. The van der Waals surface area contributed by atoms with Crippen LogP contribution in [0.5, 0.6) is 0 Å². The molecule has 1 amide bonds. The molecule has 2 fully saturated rings. The summed E-state index contributed by atoms with van der Waals surface area (Å²) in [4.78, 5) is 30.1. The summed E-state index contributed by atoms with van der Waals surface area (Å²) in [7, 11) is 0. The number of amides is 1. The van der Waals surface area contributed by atoms with Crippen molar-refractivity contribution < 1.29 is 38.4 Å². The van der Waals surface area contributed by atoms with Crippen LogP contribution in [0, 0.1) is 17.3 Å². The average molecular weight is 826 g/mol. The quantitative estimate of drug-likeness (QED) is 0.0411. The minimum Gasteiger partial charge on any atom is -0.492 e. The second-order valence-electron chi connectivity index (χ2n) is 17.5. The summed E-state index contributed by atoms with van der Waals surface area (Å²) in [6, 6.07) is 10.1. The van der Waals surface area contributed by atoms with Crippen molar-refractivity contribution in [2.24, 2.45) is 17.3 Å². The first kappa shape index (κ1) is 50.3. The van der Waals surface area contributed by atoms with Crippen LogP contribution in [0.25, 0.3) is 0 Å². The Morgan fingerprint density at radius 2 is 1.42 bits per heavy atom. The molecule has 59 heavy (non-hydrogen) atoms. The zero-order valence-corrected chi connectivity index (χ0v) is 38.1. The van der Waals surface area contributed by atoms with Gasteiger partial charge in [0.1, 0.15) is 24.5 Å². The molecule has 1 saturated heterocycles. The Balaban J connectivity index is 1.37. The van der Waals surface area contributed by atoms with Crippen LogP contribution in [0.15, 0.2) is 64.5 Å². The highest BCUT2D eigenvalue weighted by molar-refractivity contribution is 5.93. The minimum absolute atomic E-state index is 0.00463. The maximum atomic E-state index is 13.2. The molecule has 11 heteroatoms. The van der Waals surface area contributed by atoms with Crippen LogP contribution in [0.3, 0.4) is 0 Å². The predicted octanol–water partition coefficient (Wildman–Crippen LogP) is 8.05. The molecule has 1 heterocycles. The highest BCUT2D eigenvalue weighted by atomic mass is 16.5. The summed E-state index contributed by atoms with van der Waals surface area (Å²) in [5, 5.41) is 13.8. The van der Waals surface area contributed by atoms with E-state index in [4.69, 9.17) is 23.7 Å². The normalized spacial score (nSPS) is 20.4. The van der Waals surface area contributed by atoms with Crippen LogP contribution in [0.1, 0.15) is 106 Å². The summed E-state index contributed by atoms with van der Waals surface area (Å²) in [6.45, 7) is 28.4. The Morgan fingerprint density at radius 3 is 1.97 bits per heavy atom. The average Bonchev–Trinajstić information content (AvgIpc) is 3.21. The van der Waals surface area contributed by atoms with Gasteiger partial charge in [0.25, 0.3) is 0 Å². The minimum atomic E-state index is -0.920. The first-order chi connectivity index (χ1) is 28.2. The molecular weight excluding hydrogens is 747 g/mol. The van der Waals surface area contributed by atoms with Gasteiger partial charge in [-0.15, -0.1) is 0 Å². The zero-order chi connectivity index (χ0) is 43.2. The SMILES string of the molecule is CC\C(C)=C/C(C)=C(/C(C(=O)O)=C(\OCc1ccccc1)C1CCC(OCCOCCN2CCN(CCOCCOCC(=O)NC(C)C(C)(C)C)CC2)CC1)C(C)CC. The van der Waals surface area contributed by atoms with Crippen molar-refractivity contribution >= 4 is 11.9 Å². The summed E-state index contributed by atoms with van der Waals surface area (Å²) in [5.41, 5.74) is 4.48. The first-order valence-corrected chi connectivity index (χ1v) is 22.3. The van der Waals surface area contributed by atoms with Crippen molar-refractivity contribution in [3.05, 3.63) is 70.0 Å². The van der Waals surface area contributed by atoms with E-state index in [-0.39, 0.29) is 41.9 Å². The second-order valence-corrected chi connectivity index (χ2v) is 17.5. The monoisotopic (exact) mass is 826 g/mol. The van der Waals surface area contributed by atoms with Gasteiger partial charge >= 0.3 is 5.97 Å². The van der Waals surface area contributed by atoms with Gasteiger partial charge in [0.15, 0.2) is 0 Å². The molecule has 11 nitrogen and oxygen atoms in total. The molecule has 2 atom stereocenters. The number of nitrogens with zero attached hydrogens (tertiary/aromatic N) is 2. The Morgan fingerprint density at radius 1 is 0.847 bits per heavy atom. The van der Waals surface area contributed by atoms with Gasteiger partial charge in [-0.3, -0.25) is 14.6 Å². The van der Waals surface area contributed by atoms with Gasteiger partial charge in [0, 0.05) is 51.2 Å². The largest absolute Gasteiger partial charge is 0.492 e. The Bertz CT molecular complexity index is 1470. The number of aliphatic carboxylic acids is 1. The molecule has 2 N–H and O–H groups in total. The number of hydrogen-bond donors (Lipinski definition) is 2. The summed E-state index contributed by atoms with van der Waals surface area (Å²) < 4.78 is 30.1. The third kappa shape index (κ3) is 18.6. The third-order valence-electron chi connectivity index (χ3n) is 12.0. The van der Waals surface area contributed by atoms with Gasteiger partial charge in [0.2, 0.25) is 5.91 Å². The molecule has 1 saturated carbocycles. The molecule has 3 rings (SSSR count). The van der Waals surface area contributed by atoms with Gasteiger partial charge in [-0.05, 0) is 87.3 Å². The van der Waals surface area contributed by atoms with Crippen molar-refractivity contribution in [3.63, 3.8) is 0 Å². The number of nitrogens with one attached hydrogen (secondary N) is 1. The topological polar surface area (TPSA) is 119 Å². The lowest BCUT2D eigenvalue weighted by Gasteiger charge is -2.34. The van der Waals surface area contributed by atoms with Crippen molar-refractivity contribution in [2.75, 3.05) is 85.5 Å². The number of hydrogen-bond acceptors (Lipinski definition) is 9. The number of carboxylic acids is 1. The molecule has 1 aliphatic heterocycles. The summed E-state index contributed by atoms with van der Waals surface area (Å²) in [5.74, 6) is -0.326. The van der Waals surface area contributed by atoms with E-state index in [0.717, 1.165) is 94.5 Å². The molecule has 1 aliphatic carbocycles. The maximum Gasteiger partial charge on any atom is 0.339 e. The number of carboxylic acid groups (broad SMARTS) is 1. The fourth-order valence-corrected chi connectivity index (χ4v) is 7.44. The number of ether oxygens (including phenoxy) is 5. The van der Waals surface area contributed by atoms with Crippen molar-refractivity contribution in [2.45, 2.75) is 120 Å². The van der Waals surface area contributed by atoms with Crippen LogP contribution >= 0.6 is 0 Å². The Kier molecular flexibility index (Phi) is 23.0. The van der Waals surface area contributed by atoms with E-state index in [9.17, 15) is 14.7 Å². The van der Waals surface area contributed by atoms with Gasteiger partial charge in [0.05, 0.1) is 45.7 Å². The summed E-state index contributed by atoms with van der Waals surface area (Å²) in [6.07, 6.45) is 7.35. The number of carbonyl (C=O) groups is 2. The van der Waals surface area contributed by atoms with Crippen LogP contribution < -0.4 is 5.32 Å². The fraction of sp³-hybridized carbons (Fsp3) is 0.708. The number of rotatable bonds is 26. The van der Waals surface area contributed by atoms with Crippen molar-refractivity contribution in [1.29, 1.82) is 0 Å². The van der Waals surface area contributed by atoms with E-state index >= 15 is 0 Å². The predicted molar refractivity (Wildman–Crippen MR) is 236 cm³/mol. The third-order valence-corrected chi connectivity index (χ3v) is 12.0. The lowest BCUT2D eigenvalue weighted by atomic mass is 9.80. The van der Waals surface area contributed by atoms with E-state index < -0.39 is 5.97 Å². The van der Waals surface area contributed by atoms with E-state index in [1.807, 2.05) is 44.2 Å². The highest BCUT2D eigenvalue weighted by Gasteiger charge is 2.33. The van der Waals surface area contributed by atoms with Gasteiger partial charge in [-0.25, -0.2) is 4.79 Å². The van der Waals surface area contributed by atoms with E-state index in [1.54, 1.807) is 0 Å². The molecular formula is C48H79N3O8. The number of piperazine rings is 1. The second kappa shape index (κ2) is 27.0. The summed E-state index contributed by atoms with van der Waals surface area (Å²) >= 11 is 0. The molecule has 1 aromatic rings.